The fourth-order valence-electron chi connectivity index (χ4n) is 2.82. The molecule has 130 valence electrons. The zero-order chi connectivity index (χ0) is 17.9. The lowest BCUT2D eigenvalue weighted by molar-refractivity contribution is 0.276. The summed E-state index contributed by atoms with van der Waals surface area (Å²) in [5.74, 6) is 0.719. The quantitative estimate of drug-likeness (QED) is 0.436. The van der Waals surface area contributed by atoms with Gasteiger partial charge in [0.2, 0.25) is 5.95 Å². The number of nitrogen functional groups attached to an aromatic ring is 1. The molecular formula is C18H17N7O. The molecule has 0 bridgehead atoms. The highest BCUT2D eigenvalue weighted by Crippen LogP contribution is 2.28. The van der Waals surface area contributed by atoms with Gasteiger partial charge in [0.25, 0.3) is 0 Å². The number of anilines is 2. The van der Waals surface area contributed by atoms with Crippen molar-refractivity contribution in [2.45, 2.75) is 6.04 Å². The molecule has 0 saturated carbocycles. The van der Waals surface area contributed by atoms with E-state index in [1.165, 1.54) is 0 Å². The summed E-state index contributed by atoms with van der Waals surface area (Å²) in [5.41, 5.74) is 9.29. The number of aliphatic hydroxyl groups is 1. The molecular weight excluding hydrogens is 330 g/mol. The lowest BCUT2D eigenvalue weighted by atomic mass is 10.1. The normalized spacial score (nSPS) is 12.2. The summed E-state index contributed by atoms with van der Waals surface area (Å²) in [6.07, 6.45) is 5.09. The smallest absolute Gasteiger partial charge is 0.222 e. The molecule has 0 spiro atoms. The number of rotatable bonds is 5. The van der Waals surface area contributed by atoms with Gasteiger partial charge >= 0.3 is 0 Å². The van der Waals surface area contributed by atoms with E-state index in [1.807, 2.05) is 36.4 Å². The van der Waals surface area contributed by atoms with E-state index in [1.54, 1.807) is 18.6 Å². The van der Waals surface area contributed by atoms with Crippen molar-refractivity contribution in [3.05, 3.63) is 60.6 Å². The van der Waals surface area contributed by atoms with Crippen LogP contribution >= 0.6 is 0 Å². The Bertz CT molecular complexity index is 1020. The molecule has 4 rings (SSSR count). The Kier molecular flexibility index (Phi) is 4.16. The minimum atomic E-state index is -0.353. The van der Waals surface area contributed by atoms with Crippen LogP contribution in [0.2, 0.25) is 0 Å². The second-order valence-corrected chi connectivity index (χ2v) is 5.80. The maximum absolute atomic E-state index is 9.78. The van der Waals surface area contributed by atoms with Crippen LogP contribution in [0, 0.1) is 0 Å². The molecule has 3 heterocycles. The lowest BCUT2D eigenvalue weighted by Gasteiger charge is -2.18. The predicted molar refractivity (Wildman–Crippen MR) is 99.2 cm³/mol. The van der Waals surface area contributed by atoms with Crippen molar-refractivity contribution in [3.8, 4) is 11.3 Å². The van der Waals surface area contributed by atoms with Gasteiger partial charge in [-0.05, 0) is 29.8 Å². The predicted octanol–water partition coefficient (Wildman–Crippen LogP) is 2.14. The Balaban J connectivity index is 1.75. The van der Waals surface area contributed by atoms with Gasteiger partial charge in [0.05, 0.1) is 23.9 Å². The number of hydrogen-bond donors (Lipinski definition) is 4. The van der Waals surface area contributed by atoms with Crippen molar-refractivity contribution in [1.29, 1.82) is 0 Å². The highest BCUT2D eigenvalue weighted by Gasteiger charge is 2.15. The van der Waals surface area contributed by atoms with E-state index in [4.69, 9.17) is 5.73 Å². The molecule has 1 atom stereocenters. The van der Waals surface area contributed by atoms with Crippen LogP contribution in [0.3, 0.4) is 0 Å². The number of aromatic amines is 1. The third kappa shape index (κ3) is 3.05. The molecule has 8 heteroatoms. The van der Waals surface area contributed by atoms with Crippen LogP contribution in [0.4, 0.5) is 11.8 Å². The van der Waals surface area contributed by atoms with Gasteiger partial charge in [0.15, 0.2) is 0 Å². The molecule has 0 aliphatic rings. The Morgan fingerprint density at radius 1 is 1.15 bits per heavy atom. The van der Waals surface area contributed by atoms with Crippen molar-refractivity contribution >= 4 is 22.7 Å². The number of aromatic nitrogens is 5. The third-order valence-corrected chi connectivity index (χ3v) is 4.11. The molecule has 8 nitrogen and oxygen atoms in total. The van der Waals surface area contributed by atoms with Gasteiger partial charge in [-0.15, -0.1) is 0 Å². The van der Waals surface area contributed by atoms with Crippen LogP contribution in [0.1, 0.15) is 11.6 Å². The average molecular weight is 347 g/mol. The molecule has 0 aliphatic carbocycles. The Hall–Kier alpha value is -3.52. The van der Waals surface area contributed by atoms with Crippen LogP contribution in [-0.4, -0.2) is 36.9 Å². The molecule has 5 N–H and O–H groups in total. The fraction of sp³-hybridized carbons (Fsp3) is 0.111. The second-order valence-electron chi connectivity index (χ2n) is 5.80. The summed E-state index contributed by atoms with van der Waals surface area (Å²) >= 11 is 0. The number of hydrogen-bond acceptors (Lipinski definition) is 7. The summed E-state index contributed by atoms with van der Waals surface area (Å²) in [7, 11) is 0. The molecule has 0 radical (unpaired) electrons. The molecule has 0 amide bonds. The number of H-pyrrole nitrogens is 1. The number of nitrogens with zero attached hydrogens (tertiary/aromatic N) is 4. The molecule has 0 saturated heterocycles. The van der Waals surface area contributed by atoms with Crippen molar-refractivity contribution in [2.75, 3.05) is 17.7 Å². The largest absolute Gasteiger partial charge is 0.394 e. The van der Waals surface area contributed by atoms with Crippen molar-refractivity contribution in [3.63, 3.8) is 0 Å². The van der Waals surface area contributed by atoms with Crippen LogP contribution in [0.15, 0.2) is 55.0 Å². The van der Waals surface area contributed by atoms with Crippen molar-refractivity contribution < 1.29 is 5.11 Å². The summed E-state index contributed by atoms with van der Waals surface area (Å²) < 4.78 is 0. The van der Waals surface area contributed by atoms with Gasteiger partial charge in [0.1, 0.15) is 5.82 Å². The Labute approximate surface area is 149 Å². The molecule has 3 aromatic heterocycles. The van der Waals surface area contributed by atoms with Gasteiger partial charge < -0.3 is 16.2 Å². The molecule has 1 unspecified atom stereocenters. The number of nitrogens with one attached hydrogen (secondary N) is 2. The SMILES string of the molecule is Nc1nc(NC(CO)c2cccnc2)c2ccc(-c3ccn[nH]3)cc2n1. The fourth-order valence-corrected chi connectivity index (χ4v) is 2.82. The van der Waals surface area contributed by atoms with E-state index >= 15 is 0 Å². The topological polar surface area (TPSA) is 126 Å². The first-order valence-corrected chi connectivity index (χ1v) is 8.09. The Morgan fingerprint density at radius 3 is 2.81 bits per heavy atom. The van der Waals surface area contributed by atoms with Crippen molar-refractivity contribution in [2.24, 2.45) is 0 Å². The standard InChI is InChI=1S/C18H17N7O/c19-18-23-15-8-11(14-5-7-21-25-14)3-4-13(15)17(24-18)22-16(10-26)12-2-1-6-20-9-12/h1-9,16,26H,10H2,(H,21,25)(H3,19,22,23,24). The molecule has 4 aromatic rings. The lowest BCUT2D eigenvalue weighted by Crippen LogP contribution is -2.16. The highest BCUT2D eigenvalue weighted by molar-refractivity contribution is 5.92. The van der Waals surface area contributed by atoms with E-state index in [-0.39, 0.29) is 18.6 Å². The van der Waals surface area contributed by atoms with Gasteiger partial charge in [-0.2, -0.15) is 10.1 Å². The Morgan fingerprint density at radius 2 is 2.08 bits per heavy atom. The monoisotopic (exact) mass is 347 g/mol. The maximum atomic E-state index is 9.78. The molecule has 0 aliphatic heterocycles. The highest BCUT2D eigenvalue weighted by atomic mass is 16.3. The van der Waals surface area contributed by atoms with Gasteiger partial charge in [-0.1, -0.05) is 12.1 Å². The van der Waals surface area contributed by atoms with Crippen LogP contribution in [-0.2, 0) is 0 Å². The molecule has 26 heavy (non-hydrogen) atoms. The summed E-state index contributed by atoms with van der Waals surface area (Å²) in [6.45, 7) is -0.108. The first kappa shape index (κ1) is 16.0. The van der Waals surface area contributed by atoms with E-state index < -0.39 is 0 Å². The second kappa shape index (κ2) is 6.77. The number of aliphatic hydroxyl groups excluding tert-OH is 1. The molecule has 1 aromatic carbocycles. The number of pyridine rings is 1. The van der Waals surface area contributed by atoms with Crippen LogP contribution in [0.25, 0.3) is 22.2 Å². The minimum absolute atomic E-state index is 0.108. The zero-order valence-electron chi connectivity index (χ0n) is 13.8. The van der Waals surface area contributed by atoms with Crippen LogP contribution in [0.5, 0.6) is 0 Å². The number of nitrogens with two attached hydrogens (primary N) is 1. The maximum Gasteiger partial charge on any atom is 0.222 e. The zero-order valence-corrected chi connectivity index (χ0v) is 13.8. The van der Waals surface area contributed by atoms with E-state index in [9.17, 15) is 5.11 Å². The van der Waals surface area contributed by atoms with Gasteiger partial charge in [-0.25, -0.2) is 4.98 Å². The van der Waals surface area contributed by atoms with Gasteiger partial charge in [0, 0.05) is 29.5 Å². The minimum Gasteiger partial charge on any atom is -0.394 e. The van der Waals surface area contributed by atoms with Crippen LogP contribution < -0.4 is 11.1 Å². The molecule has 0 fully saturated rings. The van der Waals surface area contributed by atoms with E-state index in [0.29, 0.717) is 11.3 Å². The van der Waals surface area contributed by atoms with E-state index in [0.717, 1.165) is 22.2 Å². The first-order chi connectivity index (χ1) is 12.7. The average Bonchev–Trinajstić information content (AvgIpc) is 3.21. The van der Waals surface area contributed by atoms with E-state index in [2.05, 4.69) is 30.5 Å². The third-order valence-electron chi connectivity index (χ3n) is 4.11. The summed E-state index contributed by atoms with van der Waals surface area (Å²) in [5, 5.41) is 20.7. The number of fused-ring (bicyclic) bond motifs is 1. The number of benzene rings is 1. The van der Waals surface area contributed by atoms with Gasteiger partial charge in [-0.3, -0.25) is 10.1 Å². The summed E-state index contributed by atoms with van der Waals surface area (Å²) in [6, 6.07) is 11.0. The first-order valence-electron chi connectivity index (χ1n) is 8.09. The summed E-state index contributed by atoms with van der Waals surface area (Å²) in [4.78, 5) is 12.7. The van der Waals surface area contributed by atoms with Crippen molar-refractivity contribution in [1.82, 2.24) is 25.1 Å².